The molecule has 0 fully saturated rings. The van der Waals surface area contributed by atoms with E-state index in [-0.39, 0.29) is 0 Å². The minimum absolute atomic E-state index is 0.473. The Morgan fingerprint density at radius 2 is 2.07 bits per heavy atom. The van der Waals surface area contributed by atoms with E-state index in [0.29, 0.717) is 18.3 Å². The van der Waals surface area contributed by atoms with Crippen molar-refractivity contribution in [1.82, 2.24) is 30.0 Å². The van der Waals surface area contributed by atoms with E-state index in [9.17, 15) is 0 Å². The number of hydrogen-bond donors (Lipinski definition) is 1. The van der Waals surface area contributed by atoms with Crippen molar-refractivity contribution in [2.45, 2.75) is 26.4 Å². The Bertz CT molecular complexity index is 1120. The van der Waals surface area contributed by atoms with Gasteiger partial charge in [0.25, 0.3) is 0 Å². The summed E-state index contributed by atoms with van der Waals surface area (Å²) in [4.78, 5) is 13.7. The van der Waals surface area contributed by atoms with Crippen LogP contribution in [-0.4, -0.2) is 31.2 Å². The van der Waals surface area contributed by atoms with Crippen molar-refractivity contribution >= 4 is 0 Å². The molecule has 7 nitrogen and oxygen atoms in total. The number of nitrogens with zero attached hydrogens (tertiary/aromatic N) is 5. The Kier molecular flexibility index (Phi) is 4.21. The van der Waals surface area contributed by atoms with Crippen LogP contribution in [0.4, 0.5) is 0 Å². The molecular weight excluding hydrogens is 352 g/mol. The van der Waals surface area contributed by atoms with Crippen LogP contribution < -0.4 is 5.32 Å². The predicted molar refractivity (Wildman–Crippen MR) is 104 cm³/mol. The van der Waals surface area contributed by atoms with Crippen LogP contribution in [0.2, 0.25) is 0 Å². The maximum absolute atomic E-state index is 5.58. The van der Waals surface area contributed by atoms with Gasteiger partial charge in [-0.2, -0.15) is 4.98 Å². The van der Waals surface area contributed by atoms with Gasteiger partial charge in [-0.25, -0.2) is 4.98 Å². The third kappa shape index (κ3) is 2.99. The summed E-state index contributed by atoms with van der Waals surface area (Å²) >= 11 is 0. The lowest BCUT2D eigenvalue weighted by atomic mass is 9.95. The molecule has 0 atom stereocenters. The predicted octanol–water partition coefficient (Wildman–Crippen LogP) is 3.00. The lowest BCUT2D eigenvalue weighted by Gasteiger charge is -2.19. The van der Waals surface area contributed by atoms with E-state index in [1.54, 1.807) is 6.20 Å². The van der Waals surface area contributed by atoms with E-state index in [1.165, 1.54) is 11.1 Å². The highest BCUT2D eigenvalue weighted by Crippen LogP contribution is 2.29. The Hall–Kier alpha value is -3.32. The zero-order valence-corrected chi connectivity index (χ0v) is 15.6. The summed E-state index contributed by atoms with van der Waals surface area (Å²) in [5, 5.41) is 7.64. The number of fused-ring (bicyclic) bond motifs is 1. The van der Waals surface area contributed by atoms with Gasteiger partial charge in [0.15, 0.2) is 0 Å². The molecular formula is C21H20N6O. The van der Waals surface area contributed by atoms with Crippen LogP contribution in [0.25, 0.3) is 22.8 Å². The first-order chi connectivity index (χ1) is 13.8. The molecule has 1 N–H and O–H groups in total. The third-order valence-corrected chi connectivity index (χ3v) is 5.08. The summed E-state index contributed by atoms with van der Waals surface area (Å²) in [5.74, 6) is 2.04. The van der Waals surface area contributed by atoms with Gasteiger partial charge >= 0.3 is 0 Å². The standard InChI is InChI=1S/C21H20N6O/c1-14-19(17-7-8-22-11-16(17)12-24-14)20-25-18(28-26-20)13-27-10-9-23-21(27)15-5-3-2-4-6-15/h2-6,9-10,12,22H,7-8,11,13H2,1H3. The maximum Gasteiger partial charge on any atom is 0.246 e. The van der Waals surface area contributed by atoms with Crippen LogP contribution in [0.1, 0.15) is 22.7 Å². The van der Waals surface area contributed by atoms with Crippen molar-refractivity contribution in [1.29, 1.82) is 0 Å². The minimum atomic E-state index is 0.473. The van der Waals surface area contributed by atoms with Gasteiger partial charge in [-0.05, 0) is 31.0 Å². The summed E-state index contributed by atoms with van der Waals surface area (Å²) in [5.41, 5.74) is 5.46. The van der Waals surface area contributed by atoms with Crippen LogP contribution >= 0.6 is 0 Å². The Morgan fingerprint density at radius 3 is 2.96 bits per heavy atom. The average Bonchev–Trinajstić information content (AvgIpc) is 3.38. The van der Waals surface area contributed by atoms with Crippen molar-refractivity contribution in [3.63, 3.8) is 0 Å². The molecule has 1 aliphatic rings. The van der Waals surface area contributed by atoms with E-state index in [2.05, 4.69) is 25.4 Å². The van der Waals surface area contributed by atoms with E-state index in [1.807, 2.05) is 54.2 Å². The van der Waals surface area contributed by atoms with Gasteiger partial charge < -0.3 is 14.4 Å². The number of hydrogen-bond acceptors (Lipinski definition) is 6. The number of nitrogens with one attached hydrogen (secondary N) is 1. The molecule has 4 heterocycles. The smallest absolute Gasteiger partial charge is 0.246 e. The van der Waals surface area contributed by atoms with E-state index in [0.717, 1.165) is 42.2 Å². The second-order valence-electron chi connectivity index (χ2n) is 6.91. The molecule has 0 bridgehead atoms. The number of aryl methyl sites for hydroxylation is 1. The van der Waals surface area contributed by atoms with Crippen LogP contribution in [0.5, 0.6) is 0 Å². The topological polar surface area (TPSA) is 81.7 Å². The molecule has 0 radical (unpaired) electrons. The SMILES string of the molecule is Cc1ncc2c(c1-c1noc(Cn3ccnc3-c3ccccc3)n1)CCNC2. The summed E-state index contributed by atoms with van der Waals surface area (Å²) in [6, 6.07) is 10.1. The number of aromatic nitrogens is 5. The van der Waals surface area contributed by atoms with E-state index < -0.39 is 0 Å². The van der Waals surface area contributed by atoms with E-state index >= 15 is 0 Å². The van der Waals surface area contributed by atoms with Crippen molar-refractivity contribution in [2.24, 2.45) is 0 Å². The molecule has 0 unspecified atom stereocenters. The monoisotopic (exact) mass is 372 g/mol. The highest BCUT2D eigenvalue weighted by atomic mass is 16.5. The van der Waals surface area contributed by atoms with Crippen molar-refractivity contribution < 1.29 is 4.52 Å². The largest absolute Gasteiger partial charge is 0.337 e. The van der Waals surface area contributed by atoms with Crippen LogP contribution in [0.15, 0.2) is 53.4 Å². The molecule has 1 aliphatic heterocycles. The first-order valence-corrected chi connectivity index (χ1v) is 9.37. The number of rotatable bonds is 4. The molecule has 3 aromatic heterocycles. The van der Waals surface area contributed by atoms with Gasteiger partial charge in [0, 0.05) is 42.0 Å². The molecule has 0 spiro atoms. The second-order valence-corrected chi connectivity index (χ2v) is 6.91. The zero-order chi connectivity index (χ0) is 18.9. The molecule has 0 saturated carbocycles. The van der Waals surface area contributed by atoms with Gasteiger partial charge in [-0.1, -0.05) is 35.5 Å². The molecule has 0 amide bonds. The van der Waals surface area contributed by atoms with Gasteiger partial charge in [0.05, 0.1) is 0 Å². The van der Waals surface area contributed by atoms with Crippen LogP contribution in [0.3, 0.4) is 0 Å². The van der Waals surface area contributed by atoms with E-state index in [4.69, 9.17) is 4.52 Å². The fourth-order valence-corrected chi connectivity index (χ4v) is 3.72. The molecule has 1 aromatic carbocycles. The lowest BCUT2D eigenvalue weighted by molar-refractivity contribution is 0.372. The first kappa shape index (κ1) is 16.8. The number of benzene rings is 1. The fourth-order valence-electron chi connectivity index (χ4n) is 3.72. The van der Waals surface area contributed by atoms with Crippen LogP contribution in [0, 0.1) is 6.92 Å². The highest BCUT2D eigenvalue weighted by Gasteiger charge is 2.21. The second kappa shape index (κ2) is 7.01. The summed E-state index contributed by atoms with van der Waals surface area (Å²) in [6.45, 7) is 4.25. The van der Waals surface area contributed by atoms with Gasteiger partial charge in [-0.15, -0.1) is 0 Å². The van der Waals surface area contributed by atoms with Gasteiger partial charge in [-0.3, -0.25) is 4.98 Å². The summed E-state index contributed by atoms with van der Waals surface area (Å²) < 4.78 is 7.59. The normalized spacial score (nSPS) is 13.5. The molecule has 4 aromatic rings. The maximum atomic E-state index is 5.58. The quantitative estimate of drug-likeness (QED) is 0.593. The van der Waals surface area contributed by atoms with Gasteiger partial charge in [0.2, 0.25) is 11.7 Å². The molecule has 140 valence electrons. The Balaban J connectivity index is 1.47. The van der Waals surface area contributed by atoms with Gasteiger partial charge in [0.1, 0.15) is 12.4 Å². The number of imidazole rings is 1. The van der Waals surface area contributed by atoms with Crippen LogP contribution in [-0.2, 0) is 19.5 Å². The number of pyridine rings is 1. The average molecular weight is 372 g/mol. The molecule has 0 aliphatic carbocycles. The third-order valence-electron chi connectivity index (χ3n) is 5.08. The van der Waals surface area contributed by atoms with Crippen molar-refractivity contribution in [2.75, 3.05) is 6.54 Å². The van der Waals surface area contributed by atoms with Crippen molar-refractivity contribution in [3.05, 3.63) is 71.6 Å². The molecule has 5 rings (SSSR count). The minimum Gasteiger partial charge on any atom is -0.337 e. The Labute approximate surface area is 162 Å². The summed E-state index contributed by atoms with van der Waals surface area (Å²) in [7, 11) is 0. The highest BCUT2D eigenvalue weighted by molar-refractivity contribution is 5.64. The van der Waals surface area contributed by atoms with Crippen molar-refractivity contribution in [3.8, 4) is 22.8 Å². The Morgan fingerprint density at radius 1 is 1.18 bits per heavy atom. The summed E-state index contributed by atoms with van der Waals surface area (Å²) in [6.07, 6.45) is 6.60. The first-order valence-electron chi connectivity index (χ1n) is 9.37. The molecule has 0 saturated heterocycles. The lowest BCUT2D eigenvalue weighted by Crippen LogP contribution is -2.24. The molecule has 7 heteroatoms. The molecule has 28 heavy (non-hydrogen) atoms. The zero-order valence-electron chi connectivity index (χ0n) is 15.6. The fraction of sp³-hybridized carbons (Fsp3) is 0.238.